The van der Waals surface area contributed by atoms with Crippen molar-refractivity contribution in [2.45, 2.75) is 379 Å². The van der Waals surface area contributed by atoms with Gasteiger partial charge in [-0.05, 0) is 89.9 Å². The highest BCUT2D eigenvalue weighted by molar-refractivity contribution is 5.76. The molecule has 3 N–H and O–H groups in total. The summed E-state index contributed by atoms with van der Waals surface area (Å²) >= 11 is 0. The lowest BCUT2D eigenvalue weighted by atomic mass is 10.0. The quantitative estimate of drug-likeness (QED) is 0.0320. The Kier molecular flexibility index (Phi) is 66.0. The van der Waals surface area contributed by atoms with E-state index in [1.54, 1.807) is 6.08 Å². The molecule has 0 radical (unpaired) electrons. The molecule has 79 heavy (non-hydrogen) atoms. The molecule has 0 aromatic rings. The van der Waals surface area contributed by atoms with Gasteiger partial charge in [0.25, 0.3) is 0 Å². The molecule has 0 aliphatic carbocycles. The van der Waals surface area contributed by atoms with Crippen LogP contribution in [-0.2, 0) is 14.3 Å². The maximum absolute atomic E-state index is 12.5. The zero-order valence-corrected chi connectivity index (χ0v) is 52.9. The number of rotatable bonds is 65. The average molecular weight is 1110 g/mol. The Labute approximate surface area is 492 Å². The minimum atomic E-state index is -0.845. The molecule has 0 saturated carbocycles. The topological polar surface area (TPSA) is 95.9 Å². The lowest BCUT2D eigenvalue weighted by molar-refractivity contribution is -0.143. The molecule has 0 spiro atoms. The Hall–Kier alpha value is -2.44. The van der Waals surface area contributed by atoms with Gasteiger partial charge in [0.2, 0.25) is 5.91 Å². The first-order valence-corrected chi connectivity index (χ1v) is 35.1. The van der Waals surface area contributed by atoms with Gasteiger partial charge in [-0.2, -0.15) is 0 Å². The summed E-state index contributed by atoms with van der Waals surface area (Å²) in [4.78, 5) is 24.5. The number of esters is 1. The van der Waals surface area contributed by atoms with Crippen LogP contribution in [0.3, 0.4) is 0 Å². The average Bonchev–Trinajstić information content (AvgIpc) is 3.45. The normalized spacial score (nSPS) is 12.9. The first-order valence-electron chi connectivity index (χ1n) is 35.1. The monoisotopic (exact) mass is 1110 g/mol. The minimum Gasteiger partial charge on any atom is -0.466 e. The molecular weight excluding hydrogens is 971 g/mol. The number of amides is 1. The number of hydrogen-bond acceptors (Lipinski definition) is 5. The van der Waals surface area contributed by atoms with Crippen molar-refractivity contribution in [3.8, 4) is 0 Å². The third-order valence-electron chi connectivity index (χ3n) is 16.0. The standard InChI is InChI=1S/C73H135NO5/c1-3-5-7-9-11-13-15-17-18-19-35-38-42-45-49-53-57-61-65-71(76)70(69-75)74-72(77)66-62-58-54-50-46-43-39-36-33-31-29-27-25-23-21-20-22-24-26-28-30-32-34-37-40-44-48-52-56-60-64-68-79-73(78)67-63-59-55-51-47-41-16-14-12-10-8-6-4-2/h8,10,14,16,22,24,28,30,61,65,70-71,75-76H,3-7,9,11-13,15,17-21,23,25-27,29,31-60,62-64,66-69H2,1-2H3,(H,74,77)/b10-8-,16-14-,24-22-,30-28-,65-61+. The van der Waals surface area contributed by atoms with E-state index < -0.39 is 12.1 Å². The zero-order valence-electron chi connectivity index (χ0n) is 52.9. The van der Waals surface area contributed by atoms with Gasteiger partial charge in [0.15, 0.2) is 0 Å². The van der Waals surface area contributed by atoms with Crippen molar-refractivity contribution in [2.24, 2.45) is 0 Å². The minimum absolute atomic E-state index is 0.00278. The second-order valence-electron chi connectivity index (χ2n) is 23.9. The smallest absolute Gasteiger partial charge is 0.305 e. The Morgan fingerprint density at radius 1 is 0.354 bits per heavy atom. The molecule has 462 valence electrons. The second kappa shape index (κ2) is 68.1. The zero-order chi connectivity index (χ0) is 57.1. The highest BCUT2D eigenvalue weighted by Crippen LogP contribution is 2.18. The number of nitrogens with one attached hydrogen (secondary N) is 1. The highest BCUT2D eigenvalue weighted by Gasteiger charge is 2.18. The Morgan fingerprint density at radius 2 is 0.658 bits per heavy atom. The summed E-state index contributed by atoms with van der Waals surface area (Å²) in [6.07, 6.45) is 90.1. The SMILES string of the molecule is CCC/C=C\C/C=C\CCCCCCCC(=O)OCCCCCCCCCCC/C=C\C/C=C\CCCCCCCCCCCCCCCCCC(=O)NC(CO)C(O)/C=C/CCCCCCCCCCCCCCCCCC. The third-order valence-corrected chi connectivity index (χ3v) is 16.0. The van der Waals surface area contributed by atoms with Crippen LogP contribution in [0.25, 0.3) is 0 Å². The summed E-state index contributed by atoms with van der Waals surface area (Å²) in [5.74, 6) is -0.0680. The van der Waals surface area contributed by atoms with Gasteiger partial charge in [-0.15, -0.1) is 0 Å². The van der Waals surface area contributed by atoms with Crippen LogP contribution in [0.5, 0.6) is 0 Å². The fourth-order valence-corrected chi connectivity index (χ4v) is 10.6. The number of allylic oxidation sites excluding steroid dienone is 9. The van der Waals surface area contributed by atoms with E-state index in [9.17, 15) is 19.8 Å². The highest BCUT2D eigenvalue weighted by atomic mass is 16.5. The predicted octanol–water partition coefficient (Wildman–Crippen LogP) is 22.6. The lowest BCUT2D eigenvalue weighted by Crippen LogP contribution is -2.45. The summed E-state index contributed by atoms with van der Waals surface area (Å²) in [6.45, 7) is 4.85. The van der Waals surface area contributed by atoms with E-state index in [4.69, 9.17) is 4.74 Å². The number of ether oxygens (including phenoxy) is 1. The van der Waals surface area contributed by atoms with Crippen LogP contribution in [0.2, 0.25) is 0 Å². The number of carbonyl (C=O) groups is 2. The summed E-state index contributed by atoms with van der Waals surface area (Å²) in [5.41, 5.74) is 0. The third kappa shape index (κ3) is 64.6. The molecule has 0 fully saturated rings. The lowest BCUT2D eigenvalue weighted by Gasteiger charge is -2.20. The first-order chi connectivity index (χ1) is 39.0. The van der Waals surface area contributed by atoms with Crippen LogP contribution in [0.15, 0.2) is 60.8 Å². The van der Waals surface area contributed by atoms with Gasteiger partial charge < -0.3 is 20.3 Å². The van der Waals surface area contributed by atoms with E-state index >= 15 is 0 Å². The van der Waals surface area contributed by atoms with Crippen LogP contribution in [0, 0.1) is 0 Å². The molecule has 6 heteroatoms. The number of unbranched alkanes of at least 4 members (excludes halogenated alkanes) is 46. The van der Waals surface area contributed by atoms with Crippen molar-refractivity contribution in [3.05, 3.63) is 60.8 Å². The molecule has 0 aromatic heterocycles. The van der Waals surface area contributed by atoms with E-state index in [2.05, 4.69) is 67.8 Å². The van der Waals surface area contributed by atoms with Crippen molar-refractivity contribution in [2.75, 3.05) is 13.2 Å². The van der Waals surface area contributed by atoms with Gasteiger partial charge in [-0.1, -0.05) is 325 Å². The Morgan fingerprint density at radius 3 is 1.01 bits per heavy atom. The van der Waals surface area contributed by atoms with Gasteiger partial charge in [0.1, 0.15) is 0 Å². The van der Waals surface area contributed by atoms with Crippen molar-refractivity contribution < 1.29 is 24.5 Å². The summed E-state index contributed by atoms with van der Waals surface area (Å²) in [7, 11) is 0. The maximum Gasteiger partial charge on any atom is 0.305 e. The van der Waals surface area contributed by atoms with E-state index in [0.717, 1.165) is 57.8 Å². The van der Waals surface area contributed by atoms with Gasteiger partial charge in [0.05, 0.1) is 25.4 Å². The summed E-state index contributed by atoms with van der Waals surface area (Å²) in [5, 5.41) is 23.2. The second-order valence-corrected chi connectivity index (χ2v) is 23.9. The predicted molar refractivity (Wildman–Crippen MR) is 347 cm³/mol. The molecule has 1 amide bonds. The van der Waals surface area contributed by atoms with Gasteiger partial charge in [-0.25, -0.2) is 0 Å². The van der Waals surface area contributed by atoms with E-state index in [1.165, 1.54) is 283 Å². The Bertz CT molecular complexity index is 1370. The van der Waals surface area contributed by atoms with Crippen molar-refractivity contribution in [1.82, 2.24) is 5.32 Å². The van der Waals surface area contributed by atoms with E-state index in [-0.39, 0.29) is 18.5 Å². The largest absolute Gasteiger partial charge is 0.466 e. The molecule has 0 rings (SSSR count). The molecule has 2 atom stereocenters. The summed E-state index contributed by atoms with van der Waals surface area (Å²) < 4.78 is 5.47. The van der Waals surface area contributed by atoms with E-state index in [0.29, 0.717) is 19.4 Å². The van der Waals surface area contributed by atoms with Crippen LogP contribution < -0.4 is 5.32 Å². The maximum atomic E-state index is 12.5. The number of aliphatic hydroxyl groups is 2. The van der Waals surface area contributed by atoms with Gasteiger partial charge in [0, 0.05) is 12.8 Å². The Balaban J connectivity index is 3.42. The van der Waals surface area contributed by atoms with Crippen molar-refractivity contribution in [3.63, 3.8) is 0 Å². The molecule has 6 nitrogen and oxygen atoms in total. The number of hydrogen-bond donors (Lipinski definition) is 3. The van der Waals surface area contributed by atoms with Crippen LogP contribution in [0.1, 0.15) is 367 Å². The number of aliphatic hydroxyl groups excluding tert-OH is 2. The molecule has 0 heterocycles. The van der Waals surface area contributed by atoms with Crippen molar-refractivity contribution in [1.29, 1.82) is 0 Å². The van der Waals surface area contributed by atoms with Crippen LogP contribution >= 0.6 is 0 Å². The van der Waals surface area contributed by atoms with Crippen LogP contribution in [0.4, 0.5) is 0 Å². The van der Waals surface area contributed by atoms with Gasteiger partial charge in [-0.3, -0.25) is 9.59 Å². The number of carbonyl (C=O) groups excluding carboxylic acids is 2. The molecular formula is C73H135NO5. The van der Waals surface area contributed by atoms with E-state index in [1.807, 2.05) is 6.08 Å². The molecule has 0 saturated heterocycles. The first kappa shape index (κ1) is 76.6. The van der Waals surface area contributed by atoms with Gasteiger partial charge >= 0.3 is 5.97 Å². The molecule has 0 aliphatic rings. The fraction of sp³-hybridized carbons (Fsp3) is 0.836. The molecule has 0 aromatic carbocycles. The fourth-order valence-electron chi connectivity index (χ4n) is 10.6. The van der Waals surface area contributed by atoms with Crippen molar-refractivity contribution >= 4 is 11.9 Å². The molecule has 0 bridgehead atoms. The molecule has 2 unspecified atom stereocenters. The van der Waals surface area contributed by atoms with Crippen LogP contribution in [-0.4, -0.2) is 47.4 Å². The molecule has 0 aliphatic heterocycles. The summed E-state index contributed by atoms with van der Waals surface area (Å²) in [6, 6.07) is -0.629.